The molecule has 106 valence electrons. The van der Waals surface area contributed by atoms with E-state index in [0.717, 1.165) is 36.2 Å². The zero-order valence-electron chi connectivity index (χ0n) is 11.7. The van der Waals surface area contributed by atoms with Gasteiger partial charge >= 0.3 is 0 Å². The first-order chi connectivity index (χ1) is 9.83. The highest BCUT2D eigenvalue weighted by molar-refractivity contribution is 7.15. The van der Waals surface area contributed by atoms with Crippen molar-refractivity contribution in [2.45, 2.75) is 32.4 Å². The average Bonchev–Trinajstić information content (AvgIpc) is 3.10. The van der Waals surface area contributed by atoms with Crippen LogP contribution in [0.5, 0.6) is 0 Å². The van der Waals surface area contributed by atoms with Gasteiger partial charge in [0.15, 0.2) is 0 Å². The molecule has 0 bridgehead atoms. The Bertz CT molecular complexity index is 540. The molecule has 1 aromatic heterocycles. The van der Waals surface area contributed by atoms with Gasteiger partial charge in [-0.15, -0.1) is 10.2 Å². The first-order valence-electron chi connectivity index (χ1n) is 7.18. The topological polar surface area (TPSA) is 41.1 Å². The molecule has 1 saturated heterocycles. The minimum Gasteiger partial charge on any atom is -0.356 e. The van der Waals surface area contributed by atoms with Crippen LogP contribution in [0, 0.1) is 0 Å². The molecule has 1 aliphatic heterocycles. The first kappa shape index (κ1) is 13.5. The third-order valence-corrected chi connectivity index (χ3v) is 4.62. The van der Waals surface area contributed by atoms with E-state index in [0.29, 0.717) is 6.04 Å². The zero-order chi connectivity index (χ0) is 13.8. The Morgan fingerprint density at radius 1 is 1.30 bits per heavy atom. The van der Waals surface area contributed by atoms with Gasteiger partial charge in [0, 0.05) is 25.7 Å². The van der Waals surface area contributed by atoms with Gasteiger partial charge in [-0.25, -0.2) is 0 Å². The Hall–Kier alpha value is -1.46. The molecule has 1 fully saturated rings. The van der Waals surface area contributed by atoms with Crippen molar-refractivity contribution < 1.29 is 0 Å². The lowest BCUT2D eigenvalue weighted by Gasteiger charge is -2.16. The third-order valence-electron chi connectivity index (χ3n) is 3.62. The maximum atomic E-state index is 4.20. The van der Waals surface area contributed by atoms with Crippen LogP contribution in [0.15, 0.2) is 30.3 Å². The maximum Gasteiger partial charge on any atom is 0.205 e. The van der Waals surface area contributed by atoms with Crippen molar-refractivity contribution in [2.24, 2.45) is 0 Å². The van der Waals surface area contributed by atoms with Crippen LogP contribution < -0.4 is 5.32 Å². The van der Waals surface area contributed by atoms with Crippen LogP contribution in [0.25, 0.3) is 0 Å². The maximum absolute atomic E-state index is 4.20. The van der Waals surface area contributed by atoms with Gasteiger partial charge in [-0.3, -0.25) is 4.90 Å². The van der Waals surface area contributed by atoms with Crippen molar-refractivity contribution in [3.63, 3.8) is 0 Å². The molecule has 0 aliphatic carbocycles. The molecule has 2 aromatic rings. The Morgan fingerprint density at radius 2 is 2.15 bits per heavy atom. The molecule has 1 atom stereocenters. The van der Waals surface area contributed by atoms with Gasteiger partial charge in [-0.1, -0.05) is 48.6 Å². The number of anilines is 1. The molecule has 1 N–H and O–H groups in total. The number of hydrogen-bond acceptors (Lipinski definition) is 5. The van der Waals surface area contributed by atoms with Crippen LogP contribution in [-0.4, -0.2) is 34.2 Å². The summed E-state index contributed by atoms with van der Waals surface area (Å²) in [6.45, 7) is 5.37. The lowest BCUT2D eigenvalue weighted by Crippen LogP contribution is -2.25. The molecule has 2 heterocycles. The van der Waals surface area contributed by atoms with Crippen molar-refractivity contribution in [3.8, 4) is 0 Å². The van der Waals surface area contributed by atoms with E-state index in [1.165, 1.54) is 12.0 Å². The molecule has 4 nitrogen and oxygen atoms in total. The largest absolute Gasteiger partial charge is 0.356 e. The van der Waals surface area contributed by atoms with Gasteiger partial charge in [0.1, 0.15) is 5.01 Å². The summed E-state index contributed by atoms with van der Waals surface area (Å²) in [4.78, 5) is 2.49. The predicted octanol–water partition coefficient (Wildman–Crippen LogP) is 2.79. The number of hydrogen-bond donors (Lipinski definition) is 1. The standard InChI is InChI=1S/C15H20N4S/c1-2-14-17-18-15(20-14)16-13-8-9-19(11-13)10-12-6-4-3-5-7-12/h3-7,13H,2,8-11H2,1H3,(H,16,18). The lowest BCUT2D eigenvalue weighted by atomic mass is 10.2. The summed E-state index contributed by atoms with van der Waals surface area (Å²) in [6.07, 6.45) is 2.14. The van der Waals surface area contributed by atoms with E-state index in [2.05, 4.69) is 57.7 Å². The Labute approximate surface area is 123 Å². The van der Waals surface area contributed by atoms with Crippen molar-refractivity contribution in [1.29, 1.82) is 0 Å². The second-order valence-electron chi connectivity index (χ2n) is 5.21. The summed E-state index contributed by atoms with van der Waals surface area (Å²) >= 11 is 1.67. The van der Waals surface area contributed by atoms with Gasteiger partial charge in [0.25, 0.3) is 0 Å². The number of benzene rings is 1. The summed E-state index contributed by atoms with van der Waals surface area (Å²) in [5, 5.41) is 13.9. The van der Waals surface area contributed by atoms with Crippen molar-refractivity contribution in [3.05, 3.63) is 40.9 Å². The monoisotopic (exact) mass is 288 g/mol. The van der Waals surface area contributed by atoms with Crippen molar-refractivity contribution in [2.75, 3.05) is 18.4 Å². The molecule has 5 heteroatoms. The molecular formula is C15H20N4S. The summed E-state index contributed by atoms with van der Waals surface area (Å²) in [6, 6.07) is 11.2. The molecular weight excluding hydrogens is 268 g/mol. The number of aromatic nitrogens is 2. The van der Waals surface area contributed by atoms with Crippen LogP contribution in [0.1, 0.15) is 23.9 Å². The van der Waals surface area contributed by atoms with Gasteiger partial charge in [0.2, 0.25) is 5.13 Å². The molecule has 1 unspecified atom stereocenters. The lowest BCUT2D eigenvalue weighted by molar-refractivity contribution is 0.328. The molecule has 1 aliphatic rings. The SMILES string of the molecule is CCc1nnc(NC2CCN(Cc3ccccc3)C2)s1. The molecule has 3 rings (SSSR count). The fourth-order valence-corrected chi connectivity index (χ4v) is 3.32. The van der Waals surface area contributed by atoms with Crippen LogP contribution in [0.3, 0.4) is 0 Å². The van der Waals surface area contributed by atoms with E-state index >= 15 is 0 Å². The predicted molar refractivity (Wildman–Crippen MR) is 83.0 cm³/mol. The average molecular weight is 288 g/mol. The second-order valence-corrected chi connectivity index (χ2v) is 6.27. The van der Waals surface area contributed by atoms with Crippen molar-refractivity contribution >= 4 is 16.5 Å². The van der Waals surface area contributed by atoms with Gasteiger partial charge < -0.3 is 5.32 Å². The molecule has 0 spiro atoms. The van der Waals surface area contributed by atoms with E-state index in [9.17, 15) is 0 Å². The molecule has 0 saturated carbocycles. The summed E-state index contributed by atoms with van der Waals surface area (Å²) in [7, 11) is 0. The van der Waals surface area contributed by atoms with Crippen LogP contribution >= 0.6 is 11.3 Å². The first-order valence-corrected chi connectivity index (χ1v) is 8.00. The smallest absolute Gasteiger partial charge is 0.205 e. The summed E-state index contributed by atoms with van der Waals surface area (Å²) in [5.41, 5.74) is 1.39. The number of nitrogens with one attached hydrogen (secondary N) is 1. The second kappa shape index (κ2) is 6.33. The minimum absolute atomic E-state index is 0.497. The number of aryl methyl sites for hydroxylation is 1. The Kier molecular flexibility index (Phi) is 4.28. The number of rotatable bonds is 5. The Morgan fingerprint density at radius 3 is 2.90 bits per heavy atom. The molecule has 0 radical (unpaired) electrons. The molecule has 0 amide bonds. The van der Waals surface area contributed by atoms with Crippen molar-refractivity contribution in [1.82, 2.24) is 15.1 Å². The minimum atomic E-state index is 0.497. The van der Waals surface area contributed by atoms with E-state index in [1.54, 1.807) is 11.3 Å². The molecule has 1 aromatic carbocycles. The van der Waals surface area contributed by atoms with Crippen LogP contribution in [0.2, 0.25) is 0 Å². The highest BCUT2D eigenvalue weighted by atomic mass is 32.1. The Balaban J connectivity index is 1.52. The quantitative estimate of drug-likeness (QED) is 0.918. The van der Waals surface area contributed by atoms with E-state index in [1.807, 2.05) is 0 Å². The van der Waals surface area contributed by atoms with Gasteiger partial charge in [-0.05, 0) is 18.4 Å². The van der Waals surface area contributed by atoms with E-state index in [-0.39, 0.29) is 0 Å². The highest BCUT2D eigenvalue weighted by Crippen LogP contribution is 2.21. The van der Waals surface area contributed by atoms with Gasteiger partial charge in [0.05, 0.1) is 0 Å². The van der Waals surface area contributed by atoms with E-state index in [4.69, 9.17) is 0 Å². The summed E-state index contributed by atoms with van der Waals surface area (Å²) in [5.74, 6) is 0. The number of likely N-dealkylation sites (tertiary alicyclic amines) is 1. The zero-order valence-corrected chi connectivity index (χ0v) is 12.6. The third kappa shape index (κ3) is 3.35. The molecule has 20 heavy (non-hydrogen) atoms. The van der Waals surface area contributed by atoms with Gasteiger partial charge in [-0.2, -0.15) is 0 Å². The fourth-order valence-electron chi connectivity index (χ4n) is 2.57. The fraction of sp³-hybridized carbons (Fsp3) is 0.467. The van der Waals surface area contributed by atoms with Crippen LogP contribution in [-0.2, 0) is 13.0 Å². The number of nitrogens with zero attached hydrogens (tertiary/aromatic N) is 3. The van der Waals surface area contributed by atoms with Crippen LogP contribution in [0.4, 0.5) is 5.13 Å². The highest BCUT2D eigenvalue weighted by Gasteiger charge is 2.23. The van der Waals surface area contributed by atoms with E-state index < -0.39 is 0 Å². The summed E-state index contributed by atoms with van der Waals surface area (Å²) < 4.78 is 0. The normalized spacial score (nSPS) is 19.4.